The third-order valence-corrected chi connectivity index (χ3v) is 12.1. The second-order valence-electron chi connectivity index (χ2n) is 14.8. The van der Waals surface area contributed by atoms with Gasteiger partial charge in [0.05, 0.1) is 16.4 Å². The van der Waals surface area contributed by atoms with E-state index in [-0.39, 0.29) is 27.3 Å². The number of para-hydroxylation sites is 2. The van der Waals surface area contributed by atoms with E-state index in [0.29, 0.717) is 5.69 Å². The maximum absolute atomic E-state index is 6.96. The van der Waals surface area contributed by atoms with Crippen LogP contribution >= 0.6 is 0 Å². The second-order valence-corrected chi connectivity index (χ2v) is 14.8. The summed E-state index contributed by atoms with van der Waals surface area (Å²) in [7, 11) is 33.6. The van der Waals surface area contributed by atoms with Gasteiger partial charge < -0.3 is 9.47 Å². The number of benzene rings is 8. The molecule has 0 atom stereocenters. The molecule has 2 nitrogen and oxygen atoms in total. The van der Waals surface area contributed by atoms with Crippen LogP contribution in [0, 0.1) is 0 Å². The zero-order valence-electron chi connectivity index (χ0n) is 30.4. The lowest BCUT2D eigenvalue weighted by Crippen LogP contribution is -2.56. The van der Waals surface area contributed by atoms with Crippen molar-refractivity contribution in [2.75, 3.05) is 4.90 Å². The molecule has 0 unspecified atom stereocenters. The molecule has 56 heavy (non-hydrogen) atoms. The fourth-order valence-corrected chi connectivity index (χ4v) is 9.66. The zero-order chi connectivity index (χ0) is 37.9. The van der Waals surface area contributed by atoms with E-state index in [1.54, 1.807) is 0 Å². The summed E-state index contributed by atoms with van der Waals surface area (Å²) < 4.78 is 2.30. The SMILES string of the molecule is [B]c1c([B])c([B])c(N(c2ccc3c(c2)C2(c4ccccc4-c4ccccc42)c2ccccc2-3)c2ccc3c4ccccc4n(-c4ccccc4)c3c2)c([B])c1[B]. The highest BCUT2D eigenvalue weighted by molar-refractivity contribution is 6.69. The maximum atomic E-state index is 6.96. The van der Waals surface area contributed by atoms with Crippen molar-refractivity contribution >= 4 is 105 Å². The summed E-state index contributed by atoms with van der Waals surface area (Å²) in [5, 5.41) is 2.27. The van der Waals surface area contributed by atoms with E-state index in [9.17, 15) is 0 Å². The molecule has 0 N–H and O–H groups in total. The zero-order valence-corrected chi connectivity index (χ0v) is 30.4. The summed E-state index contributed by atoms with van der Waals surface area (Å²) in [5.41, 5.74) is 15.7. The van der Waals surface area contributed by atoms with Crippen LogP contribution in [0.4, 0.5) is 17.1 Å². The highest BCUT2D eigenvalue weighted by Gasteiger charge is 2.51. The molecule has 9 aromatic rings. The Hall–Kier alpha value is -6.32. The number of hydrogen-bond donors (Lipinski definition) is 0. The van der Waals surface area contributed by atoms with E-state index < -0.39 is 5.41 Å². The van der Waals surface area contributed by atoms with E-state index in [0.717, 1.165) is 38.9 Å². The molecule has 0 amide bonds. The molecule has 7 heteroatoms. The number of anilines is 3. The van der Waals surface area contributed by atoms with Gasteiger partial charge in [0.15, 0.2) is 0 Å². The van der Waals surface area contributed by atoms with E-state index in [1.807, 2.05) is 6.07 Å². The minimum absolute atomic E-state index is 0.172. The van der Waals surface area contributed by atoms with Crippen LogP contribution < -0.4 is 32.2 Å². The van der Waals surface area contributed by atoms with Gasteiger partial charge in [-0.3, -0.25) is 0 Å². The molecule has 0 saturated heterocycles. The smallest absolute Gasteiger partial charge is 0.115 e. The predicted octanol–water partition coefficient (Wildman–Crippen LogP) is 6.57. The largest absolute Gasteiger partial charge is 0.312 e. The molecule has 0 aliphatic heterocycles. The second kappa shape index (κ2) is 12.1. The Bertz CT molecular complexity index is 3020. The molecule has 10 radical (unpaired) electrons. The van der Waals surface area contributed by atoms with Gasteiger partial charge in [-0.15, -0.1) is 16.4 Å². The van der Waals surface area contributed by atoms with E-state index in [2.05, 4.69) is 167 Å². The Kier molecular flexibility index (Phi) is 7.14. The Morgan fingerprint density at radius 1 is 0.375 bits per heavy atom. The van der Waals surface area contributed by atoms with Crippen LogP contribution in [0.15, 0.2) is 164 Å². The van der Waals surface area contributed by atoms with Crippen LogP contribution in [-0.2, 0) is 5.41 Å². The molecule has 248 valence electrons. The van der Waals surface area contributed by atoms with Crippen molar-refractivity contribution in [3.8, 4) is 27.9 Å². The summed E-state index contributed by atoms with van der Waals surface area (Å²) in [6, 6.07) is 58.4. The average Bonchev–Trinajstić information content (AvgIpc) is 3.85. The summed E-state index contributed by atoms with van der Waals surface area (Å²) in [6.07, 6.45) is 0. The monoisotopic (exact) mass is 698 g/mol. The summed E-state index contributed by atoms with van der Waals surface area (Å²) in [5.74, 6) is 0. The number of aromatic nitrogens is 1. The van der Waals surface area contributed by atoms with E-state index in [1.165, 1.54) is 44.5 Å². The third kappa shape index (κ3) is 4.29. The minimum Gasteiger partial charge on any atom is -0.312 e. The van der Waals surface area contributed by atoms with Gasteiger partial charge in [0.25, 0.3) is 0 Å². The quantitative estimate of drug-likeness (QED) is 0.189. The van der Waals surface area contributed by atoms with E-state index in [4.69, 9.17) is 39.2 Å². The molecule has 11 rings (SSSR count). The van der Waals surface area contributed by atoms with Crippen LogP contribution in [0.5, 0.6) is 0 Å². The Morgan fingerprint density at radius 2 is 0.839 bits per heavy atom. The number of nitrogens with zero attached hydrogens (tertiary/aromatic N) is 2. The molecule has 1 aromatic heterocycles. The first-order valence-electron chi connectivity index (χ1n) is 18.7. The van der Waals surface area contributed by atoms with Crippen molar-refractivity contribution in [1.82, 2.24) is 4.57 Å². The van der Waals surface area contributed by atoms with Crippen molar-refractivity contribution in [1.29, 1.82) is 0 Å². The van der Waals surface area contributed by atoms with Crippen molar-refractivity contribution < 1.29 is 0 Å². The number of rotatable bonds is 4. The molecule has 2 aliphatic rings. The highest BCUT2D eigenvalue weighted by atomic mass is 15.1. The van der Waals surface area contributed by atoms with Gasteiger partial charge in [0.1, 0.15) is 39.2 Å². The van der Waals surface area contributed by atoms with Crippen molar-refractivity contribution in [2.45, 2.75) is 5.41 Å². The minimum atomic E-state index is -0.555. The van der Waals surface area contributed by atoms with Crippen molar-refractivity contribution in [3.63, 3.8) is 0 Å². The van der Waals surface area contributed by atoms with Gasteiger partial charge in [-0.2, -0.15) is 0 Å². The van der Waals surface area contributed by atoms with Crippen LogP contribution in [0.3, 0.4) is 0 Å². The summed E-state index contributed by atoms with van der Waals surface area (Å²) in [4.78, 5) is 2.09. The Morgan fingerprint density at radius 3 is 1.46 bits per heavy atom. The lowest BCUT2D eigenvalue weighted by atomic mass is 9.61. The van der Waals surface area contributed by atoms with Gasteiger partial charge in [-0.1, -0.05) is 132 Å². The molecule has 1 heterocycles. The molecule has 0 bridgehead atoms. The third-order valence-electron chi connectivity index (χ3n) is 12.1. The Labute approximate surface area is 332 Å². The first-order chi connectivity index (χ1) is 27.4. The molecule has 0 fully saturated rings. The lowest BCUT2D eigenvalue weighted by molar-refractivity contribution is 0.793. The van der Waals surface area contributed by atoms with Crippen LogP contribution in [0.2, 0.25) is 0 Å². The summed E-state index contributed by atoms with van der Waals surface area (Å²) in [6.45, 7) is 0. The first-order valence-corrected chi connectivity index (χ1v) is 18.7. The van der Waals surface area contributed by atoms with Crippen LogP contribution in [-0.4, -0.2) is 43.8 Å². The topological polar surface area (TPSA) is 8.17 Å². The number of hydrogen-bond acceptors (Lipinski definition) is 1. The first kappa shape index (κ1) is 33.1. The standard InChI is InChI=1S/C49H27B5N2/c50-43-44(51)46(53)48(47(54)45(43)52)55(30-23-25-36-35-17-7-11-21-41(35)56(42(36)27-30)28-12-2-1-3-13-28)29-22-24-34-33-16-6-10-20-39(33)49(40(34)26-29)37-18-8-4-14-31(37)32-15-5-9-19-38(32)49/h1-27H. The molecule has 0 saturated carbocycles. The van der Waals surface area contributed by atoms with Crippen LogP contribution in [0.1, 0.15) is 22.3 Å². The molecule has 1 spiro atoms. The highest BCUT2D eigenvalue weighted by Crippen LogP contribution is 2.63. The molecular weight excluding hydrogens is 671 g/mol. The van der Waals surface area contributed by atoms with Gasteiger partial charge in [0, 0.05) is 33.5 Å². The lowest BCUT2D eigenvalue weighted by Gasteiger charge is -2.34. The molecule has 2 aliphatic carbocycles. The van der Waals surface area contributed by atoms with Crippen molar-refractivity contribution in [3.05, 3.63) is 186 Å². The number of fused-ring (bicyclic) bond motifs is 13. The normalized spacial score (nSPS) is 13.1. The van der Waals surface area contributed by atoms with Gasteiger partial charge in [-0.05, 0) is 87.0 Å². The summed E-state index contributed by atoms with van der Waals surface area (Å²) >= 11 is 0. The van der Waals surface area contributed by atoms with Gasteiger partial charge >= 0.3 is 0 Å². The fraction of sp³-hybridized carbons (Fsp3) is 0.0204. The average molecular weight is 698 g/mol. The van der Waals surface area contributed by atoms with Gasteiger partial charge in [0.2, 0.25) is 0 Å². The predicted molar refractivity (Wildman–Crippen MR) is 239 cm³/mol. The Balaban J connectivity index is 1.23. The fourth-order valence-electron chi connectivity index (χ4n) is 9.66. The van der Waals surface area contributed by atoms with E-state index >= 15 is 0 Å². The maximum Gasteiger partial charge on any atom is 0.115 e. The molecule has 8 aromatic carbocycles. The van der Waals surface area contributed by atoms with Gasteiger partial charge in [-0.25, -0.2) is 0 Å². The van der Waals surface area contributed by atoms with Crippen LogP contribution in [0.25, 0.3) is 49.7 Å². The van der Waals surface area contributed by atoms with Crippen molar-refractivity contribution in [2.24, 2.45) is 0 Å². The molecular formula is C49H27B5N2.